The van der Waals surface area contributed by atoms with Crippen LogP contribution in [0.5, 0.6) is 5.75 Å². The Morgan fingerprint density at radius 3 is 2.84 bits per heavy atom. The molecular weight excluding hydrogens is 242 g/mol. The van der Waals surface area contributed by atoms with E-state index in [1.54, 1.807) is 25.7 Å². The van der Waals surface area contributed by atoms with Crippen LogP contribution in [-0.4, -0.2) is 27.0 Å². The van der Waals surface area contributed by atoms with Crippen LogP contribution in [0.4, 0.5) is 11.6 Å². The summed E-state index contributed by atoms with van der Waals surface area (Å²) in [4.78, 5) is 16.6. The summed E-state index contributed by atoms with van der Waals surface area (Å²) in [7, 11) is 1.63. The first-order valence-electron chi connectivity index (χ1n) is 5.68. The molecule has 2 aromatic heterocycles. The summed E-state index contributed by atoms with van der Waals surface area (Å²) in [5.41, 5.74) is 0.835. The van der Waals surface area contributed by atoms with Gasteiger partial charge in [0.05, 0.1) is 18.8 Å². The third-order valence-electron chi connectivity index (χ3n) is 2.65. The van der Waals surface area contributed by atoms with Gasteiger partial charge >= 0.3 is 0 Å². The molecule has 0 aliphatic rings. The maximum Gasteiger partial charge on any atom is 0.150 e. The van der Waals surface area contributed by atoms with Crippen LogP contribution in [0.2, 0.25) is 0 Å². The van der Waals surface area contributed by atoms with Crippen molar-refractivity contribution in [2.75, 3.05) is 12.4 Å². The molecule has 6 heteroatoms. The van der Waals surface area contributed by atoms with Crippen LogP contribution < -0.4 is 10.1 Å². The summed E-state index contributed by atoms with van der Waals surface area (Å²) < 4.78 is 5.22. The SMILES string of the molecule is COc1ccc2ncnc(Nc3cnccn3)c2c1. The van der Waals surface area contributed by atoms with Crippen LogP contribution in [0.1, 0.15) is 0 Å². The Morgan fingerprint density at radius 1 is 1.11 bits per heavy atom. The highest BCUT2D eigenvalue weighted by molar-refractivity contribution is 5.91. The van der Waals surface area contributed by atoms with Gasteiger partial charge in [-0.2, -0.15) is 0 Å². The minimum atomic E-state index is 0.630. The van der Waals surface area contributed by atoms with E-state index in [0.717, 1.165) is 16.7 Å². The number of anilines is 2. The lowest BCUT2D eigenvalue weighted by molar-refractivity contribution is 0.415. The van der Waals surface area contributed by atoms with Crippen molar-refractivity contribution in [3.63, 3.8) is 0 Å². The zero-order chi connectivity index (χ0) is 13.1. The van der Waals surface area contributed by atoms with Gasteiger partial charge in [-0.25, -0.2) is 15.0 Å². The van der Waals surface area contributed by atoms with Crippen LogP contribution in [0.25, 0.3) is 10.9 Å². The van der Waals surface area contributed by atoms with Crippen molar-refractivity contribution in [2.45, 2.75) is 0 Å². The Morgan fingerprint density at radius 2 is 2.05 bits per heavy atom. The van der Waals surface area contributed by atoms with Crippen molar-refractivity contribution in [1.82, 2.24) is 19.9 Å². The van der Waals surface area contributed by atoms with Gasteiger partial charge in [0.2, 0.25) is 0 Å². The number of nitrogens with zero attached hydrogens (tertiary/aromatic N) is 4. The summed E-state index contributed by atoms with van der Waals surface area (Å²) in [6.45, 7) is 0. The summed E-state index contributed by atoms with van der Waals surface area (Å²) in [6, 6.07) is 5.63. The Balaban J connectivity index is 2.07. The standard InChI is InChI=1S/C13H11N5O/c1-19-9-2-3-11-10(6-9)13(17-8-16-11)18-12-7-14-4-5-15-12/h2-8H,1H3,(H,15,16,17,18). The van der Waals surface area contributed by atoms with Gasteiger partial charge in [-0.3, -0.25) is 4.98 Å². The van der Waals surface area contributed by atoms with E-state index in [1.165, 1.54) is 6.33 Å². The van der Waals surface area contributed by atoms with Crippen molar-refractivity contribution in [3.8, 4) is 5.75 Å². The molecule has 0 bridgehead atoms. The fourth-order valence-electron chi connectivity index (χ4n) is 1.75. The van der Waals surface area contributed by atoms with Gasteiger partial charge in [0.15, 0.2) is 0 Å². The molecule has 0 amide bonds. The molecule has 1 aromatic carbocycles. The first kappa shape index (κ1) is 11.3. The summed E-state index contributed by atoms with van der Waals surface area (Å²) in [5.74, 6) is 2.05. The Labute approximate surface area is 109 Å². The number of methoxy groups -OCH3 is 1. The first-order chi connectivity index (χ1) is 9.36. The predicted octanol–water partition coefficient (Wildman–Crippen LogP) is 2.17. The topological polar surface area (TPSA) is 72.8 Å². The fraction of sp³-hybridized carbons (Fsp3) is 0.0769. The van der Waals surface area contributed by atoms with Gasteiger partial charge in [0.1, 0.15) is 23.7 Å². The molecule has 0 atom stereocenters. The number of fused-ring (bicyclic) bond motifs is 1. The second-order valence-electron chi connectivity index (χ2n) is 3.82. The fourth-order valence-corrected chi connectivity index (χ4v) is 1.75. The molecule has 6 nitrogen and oxygen atoms in total. The van der Waals surface area contributed by atoms with E-state index < -0.39 is 0 Å². The number of hydrogen-bond donors (Lipinski definition) is 1. The molecule has 0 aliphatic carbocycles. The summed E-state index contributed by atoms with van der Waals surface area (Å²) >= 11 is 0. The van der Waals surface area contributed by atoms with Gasteiger partial charge in [-0.15, -0.1) is 0 Å². The van der Waals surface area contributed by atoms with Crippen molar-refractivity contribution in [3.05, 3.63) is 43.1 Å². The first-order valence-corrected chi connectivity index (χ1v) is 5.68. The van der Waals surface area contributed by atoms with Crippen LogP contribution >= 0.6 is 0 Å². The molecule has 0 unspecified atom stereocenters. The lowest BCUT2D eigenvalue weighted by Crippen LogP contribution is -1.98. The number of benzene rings is 1. The molecule has 0 radical (unpaired) electrons. The van der Waals surface area contributed by atoms with E-state index in [9.17, 15) is 0 Å². The number of ether oxygens (including phenoxy) is 1. The highest BCUT2D eigenvalue weighted by Gasteiger charge is 2.06. The molecule has 1 N–H and O–H groups in total. The van der Waals surface area contributed by atoms with Gasteiger partial charge in [0, 0.05) is 17.8 Å². The van der Waals surface area contributed by atoms with E-state index >= 15 is 0 Å². The molecule has 19 heavy (non-hydrogen) atoms. The van der Waals surface area contributed by atoms with E-state index in [1.807, 2.05) is 18.2 Å². The van der Waals surface area contributed by atoms with Crippen LogP contribution in [0.15, 0.2) is 43.1 Å². The van der Waals surface area contributed by atoms with Crippen LogP contribution in [0.3, 0.4) is 0 Å². The van der Waals surface area contributed by atoms with Crippen molar-refractivity contribution in [1.29, 1.82) is 0 Å². The zero-order valence-electron chi connectivity index (χ0n) is 10.2. The molecule has 0 fully saturated rings. The van der Waals surface area contributed by atoms with E-state index in [4.69, 9.17) is 4.74 Å². The molecule has 0 aliphatic heterocycles. The molecule has 0 spiro atoms. The second kappa shape index (κ2) is 4.85. The maximum absolute atomic E-state index is 5.22. The average Bonchev–Trinajstić information content (AvgIpc) is 2.48. The van der Waals surface area contributed by atoms with E-state index in [0.29, 0.717) is 11.6 Å². The number of hydrogen-bond acceptors (Lipinski definition) is 6. The highest BCUT2D eigenvalue weighted by Crippen LogP contribution is 2.25. The van der Waals surface area contributed by atoms with Crippen molar-refractivity contribution in [2.24, 2.45) is 0 Å². The molecular formula is C13H11N5O. The highest BCUT2D eigenvalue weighted by atomic mass is 16.5. The number of nitrogens with one attached hydrogen (secondary N) is 1. The molecule has 2 heterocycles. The lowest BCUT2D eigenvalue weighted by Gasteiger charge is -2.08. The maximum atomic E-state index is 5.22. The van der Waals surface area contributed by atoms with Crippen LogP contribution in [-0.2, 0) is 0 Å². The Kier molecular flexibility index (Phi) is 2.89. The molecule has 94 valence electrons. The quantitative estimate of drug-likeness (QED) is 0.771. The zero-order valence-corrected chi connectivity index (χ0v) is 10.2. The predicted molar refractivity (Wildman–Crippen MR) is 71.4 cm³/mol. The second-order valence-corrected chi connectivity index (χ2v) is 3.82. The largest absolute Gasteiger partial charge is 0.497 e. The van der Waals surface area contributed by atoms with Crippen molar-refractivity contribution < 1.29 is 4.74 Å². The van der Waals surface area contributed by atoms with Crippen LogP contribution in [0, 0.1) is 0 Å². The van der Waals surface area contributed by atoms with Gasteiger partial charge < -0.3 is 10.1 Å². The van der Waals surface area contributed by atoms with E-state index in [-0.39, 0.29) is 0 Å². The average molecular weight is 253 g/mol. The number of aromatic nitrogens is 4. The Hall–Kier alpha value is -2.76. The van der Waals surface area contributed by atoms with E-state index in [2.05, 4.69) is 25.3 Å². The van der Waals surface area contributed by atoms with Gasteiger partial charge in [-0.05, 0) is 18.2 Å². The molecule has 3 aromatic rings. The normalized spacial score (nSPS) is 10.4. The van der Waals surface area contributed by atoms with Gasteiger partial charge in [-0.1, -0.05) is 0 Å². The minimum absolute atomic E-state index is 0.630. The number of rotatable bonds is 3. The molecule has 3 rings (SSSR count). The smallest absolute Gasteiger partial charge is 0.150 e. The third-order valence-corrected chi connectivity index (χ3v) is 2.65. The van der Waals surface area contributed by atoms with Crippen molar-refractivity contribution >= 4 is 22.5 Å². The summed E-state index contributed by atoms with van der Waals surface area (Å²) in [5, 5.41) is 3.99. The monoisotopic (exact) mass is 253 g/mol. The lowest BCUT2D eigenvalue weighted by atomic mass is 10.2. The molecule has 0 saturated heterocycles. The Bertz CT molecular complexity index is 702. The minimum Gasteiger partial charge on any atom is -0.497 e. The third kappa shape index (κ3) is 2.28. The van der Waals surface area contributed by atoms with Gasteiger partial charge in [0.25, 0.3) is 0 Å². The molecule has 0 saturated carbocycles. The summed E-state index contributed by atoms with van der Waals surface area (Å²) in [6.07, 6.45) is 6.38.